The summed E-state index contributed by atoms with van der Waals surface area (Å²) in [4.78, 5) is 33.5. The van der Waals surface area contributed by atoms with Gasteiger partial charge in [0, 0.05) is 57.1 Å². The standard InChI is InChI=1S/C29H34F3N5O2S/c30-29(31,32)21-35-28(39)26-19-36(18-23-14-25(17-33-15-23)24-9-13-40-20-24)11-12-37(26)10-5-4-8-27(38)34-16-22-6-2-1-3-7-22/h1-3,6-7,9,13-15,17,20,26H,4-5,8,10-12,16,18-19,21H2,(H,34,38)(H,35,39). The summed E-state index contributed by atoms with van der Waals surface area (Å²) in [6.07, 6.45) is 0.747. The number of halogens is 3. The predicted molar refractivity (Wildman–Crippen MR) is 149 cm³/mol. The summed E-state index contributed by atoms with van der Waals surface area (Å²) in [7, 11) is 0. The average Bonchev–Trinajstić information content (AvgIpc) is 3.49. The molecule has 1 saturated heterocycles. The largest absolute Gasteiger partial charge is 0.405 e. The van der Waals surface area contributed by atoms with Crippen LogP contribution >= 0.6 is 11.3 Å². The Kier molecular flexibility index (Phi) is 10.7. The Hall–Kier alpha value is -3.28. The molecule has 214 valence electrons. The van der Waals surface area contributed by atoms with Crippen LogP contribution in [0.1, 0.15) is 30.4 Å². The van der Waals surface area contributed by atoms with Gasteiger partial charge in [0.2, 0.25) is 11.8 Å². The second-order valence-electron chi connectivity index (χ2n) is 9.93. The zero-order valence-corrected chi connectivity index (χ0v) is 23.0. The molecule has 11 heteroatoms. The number of alkyl halides is 3. The molecule has 1 aliphatic rings. The van der Waals surface area contributed by atoms with Crippen LogP contribution in [-0.4, -0.2) is 71.5 Å². The first kappa shape index (κ1) is 29.7. The number of thiophene rings is 1. The minimum absolute atomic E-state index is 0.0496. The first-order chi connectivity index (χ1) is 19.3. The Balaban J connectivity index is 1.30. The van der Waals surface area contributed by atoms with Gasteiger partial charge in [-0.1, -0.05) is 30.3 Å². The summed E-state index contributed by atoms with van der Waals surface area (Å²) in [6, 6.07) is 13.0. The van der Waals surface area contributed by atoms with Crippen LogP contribution < -0.4 is 10.6 Å². The van der Waals surface area contributed by atoms with Crippen LogP contribution in [0.4, 0.5) is 13.2 Å². The molecular weight excluding hydrogens is 539 g/mol. The van der Waals surface area contributed by atoms with Gasteiger partial charge in [0.05, 0.1) is 0 Å². The minimum atomic E-state index is -4.48. The second-order valence-corrected chi connectivity index (χ2v) is 10.7. The number of nitrogens with one attached hydrogen (secondary N) is 2. The van der Waals surface area contributed by atoms with Gasteiger partial charge in [-0.05, 0) is 59.0 Å². The van der Waals surface area contributed by atoms with E-state index in [1.54, 1.807) is 23.7 Å². The van der Waals surface area contributed by atoms with Crippen LogP contribution in [0, 0.1) is 0 Å². The number of carbonyl (C=O) groups excluding carboxylic acids is 2. The number of amides is 2. The average molecular weight is 574 g/mol. The van der Waals surface area contributed by atoms with Crippen LogP contribution in [0.25, 0.3) is 11.1 Å². The number of nitrogens with zero attached hydrogens (tertiary/aromatic N) is 3. The Labute approximate surface area is 236 Å². The molecule has 40 heavy (non-hydrogen) atoms. The van der Waals surface area contributed by atoms with Crippen molar-refractivity contribution in [1.82, 2.24) is 25.4 Å². The molecule has 0 aliphatic carbocycles. The molecular formula is C29H34F3N5O2S. The fraction of sp³-hybridized carbons (Fsp3) is 0.414. The minimum Gasteiger partial charge on any atom is -0.352 e. The number of rotatable bonds is 12. The maximum atomic E-state index is 12.9. The number of unbranched alkanes of at least 4 members (excludes halogenated alkanes) is 1. The number of hydrogen-bond acceptors (Lipinski definition) is 6. The summed E-state index contributed by atoms with van der Waals surface area (Å²) in [5.74, 6) is -0.681. The van der Waals surface area contributed by atoms with Crippen molar-refractivity contribution in [3.63, 3.8) is 0 Å². The number of carbonyl (C=O) groups is 2. The van der Waals surface area contributed by atoms with E-state index in [0.29, 0.717) is 58.5 Å². The van der Waals surface area contributed by atoms with Crippen LogP contribution in [0.2, 0.25) is 0 Å². The van der Waals surface area contributed by atoms with Gasteiger partial charge < -0.3 is 10.6 Å². The lowest BCUT2D eigenvalue weighted by Crippen LogP contribution is -2.59. The van der Waals surface area contributed by atoms with Crippen molar-refractivity contribution in [2.24, 2.45) is 0 Å². The number of pyridine rings is 1. The van der Waals surface area contributed by atoms with Crippen LogP contribution in [0.5, 0.6) is 0 Å². The molecule has 0 bridgehead atoms. The third-order valence-electron chi connectivity index (χ3n) is 6.83. The third-order valence-corrected chi connectivity index (χ3v) is 7.51. The molecule has 0 saturated carbocycles. The SMILES string of the molecule is O=C(CCCCN1CCN(Cc2cncc(-c3ccsc3)c2)CC1C(=O)NCC(F)(F)F)NCc1ccccc1. The lowest BCUT2D eigenvalue weighted by Gasteiger charge is -2.40. The van der Waals surface area contributed by atoms with Crippen molar-refractivity contribution < 1.29 is 22.8 Å². The molecule has 3 aromatic rings. The molecule has 1 fully saturated rings. The highest BCUT2D eigenvalue weighted by Gasteiger charge is 2.35. The maximum absolute atomic E-state index is 12.9. The van der Waals surface area contributed by atoms with Gasteiger partial charge in [-0.2, -0.15) is 24.5 Å². The molecule has 1 atom stereocenters. The monoisotopic (exact) mass is 573 g/mol. The van der Waals surface area contributed by atoms with E-state index in [9.17, 15) is 22.8 Å². The Morgan fingerprint density at radius 2 is 1.82 bits per heavy atom. The van der Waals surface area contributed by atoms with E-state index in [1.165, 1.54) is 0 Å². The van der Waals surface area contributed by atoms with Crippen molar-refractivity contribution in [2.75, 3.05) is 32.7 Å². The van der Waals surface area contributed by atoms with Crippen LogP contribution in [0.3, 0.4) is 0 Å². The normalized spacial score (nSPS) is 16.5. The van der Waals surface area contributed by atoms with E-state index in [0.717, 1.165) is 22.3 Å². The molecule has 1 unspecified atom stereocenters. The summed E-state index contributed by atoms with van der Waals surface area (Å²) in [6.45, 7) is 1.71. The molecule has 1 aromatic carbocycles. The third kappa shape index (κ3) is 9.42. The first-order valence-electron chi connectivity index (χ1n) is 13.3. The molecule has 4 rings (SSSR count). The fourth-order valence-electron chi connectivity index (χ4n) is 4.75. The van der Waals surface area contributed by atoms with E-state index in [-0.39, 0.29) is 5.91 Å². The van der Waals surface area contributed by atoms with Gasteiger partial charge in [-0.25, -0.2) is 0 Å². The topological polar surface area (TPSA) is 77.6 Å². The van der Waals surface area contributed by atoms with E-state index in [1.807, 2.05) is 52.1 Å². The smallest absolute Gasteiger partial charge is 0.352 e. The quantitative estimate of drug-likeness (QED) is 0.313. The highest BCUT2D eigenvalue weighted by Crippen LogP contribution is 2.23. The molecule has 0 spiro atoms. The molecule has 3 heterocycles. The number of aromatic nitrogens is 1. The Morgan fingerprint density at radius 3 is 2.58 bits per heavy atom. The lowest BCUT2D eigenvalue weighted by atomic mass is 10.1. The van der Waals surface area contributed by atoms with Crippen molar-refractivity contribution >= 4 is 23.2 Å². The lowest BCUT2D eigenvalue weighted by molar-refractivity contribution is -0.143. The summed E-state index contributed by atoms with van der Waals surface area (Å²) >= 11 is 1.61. The number of benzene rings is 1. The summed E-state index contributed by atoms with van der Waals surface area (Å²) in [5, 5.41) is 9.02. The zero-order valence-electron chi connectivity index (χ0n) is 22.2. The van der Waals surface area contributed by atoms with Gasteiger partial charge in [-0.15, -0.1) is 0 Å². The number of hydrogen-bond donors (Lipinski definition) is 2. The Bertz CT molecular complexity index is 1220. The second kappa shape index (κ2) is 14.4. The van der Waals surface area contributed by atoms with E-state index >= 15 is 0 Å². The molecule has 1 aliphatic heterocycles. The van der Waals surface area contributed by atoms with Crippen LogP contribution in [-0.2, 0) is 22.7 Å². The predicted octanol–water partition coefficient (Wildman–Crippen LogP) is 4.46. The zero-order chi connectivity index (χ0) is 28.4. The molecule has 2 N–H and O–H groups in total. The molecule has 0 radical (unpaired) electrons. The Morgan fingerprint density at radius 1 is 1.00 bits per heavy atom. The van der Waals surface area contributed by atoms with Gasteiger partial charge in [-0.3, -0.25) is 24.4 Å². The van der Waals surface area contributed by atoms with E-state index in [2.05, 4.69) is 26.6 Å². The first-order valence-corrected chi connectivity index (χ1v) is 14.3. The summed E-state index contributed by atoms with van der Waals surface area (Å²) in [5.41, 5.74) is 4.09. The molecule has 2 aromatic heterocycles. The van der Waals surface area contributed by atoms with E-state index in [4.69, 9.17) is 0 Å². The van der Waals surface area contributed by atoms with Crippen LogP contribution in [0.15, 0.2) is 65.6 Å². The molecule has 2 amide bonds. The fourth-order valence-corrected chi connectivity index (χ4v) is 5.41. The van der Waals surface area contributed by atoms with Crippen molar-refractivity contribution in [3.8, 4) is 11.1 Å². The highest BCUT2D eigenvalue weighted by molar-refractivity contribution is 7.08. The van der Waals surface area contributed by atoms with Gasteiger partial charge in [0.1, 0.15) is 12.6 Å². The van der Waals surface area contributed by atoms with Crippen molar-refractivity contribution in [3.05, 3.63) is 76.7 Å². The van der Waals surface area contributed by atoms with Gasteiger partial charge >= 0.3 is 6.18 Å². The van der Waals surface area contributed by atoms with Gasteiger partial charge in [0.15, 0.2) is 0 Å². The summed E-state index contributed by atoms with van der Waals surface area (Å²) < 4.78 is 38.4. The molecule has 7 nitrogen and oxygen atoms in total. The maximum Gasteiger partial charge on any atom is 0.405 e. The highest BCUT2D eigenvalue weighted by atomic mass is 32.1. The van der Waals surface area contributed by atoms with Crippen molar-refractivity contribution in [1.29, 1.82) is 0 Å². The van der Waals surface area contributed by atoms with Gasteiger partial charge in [0.25, 0.3) is 0 Å². The number of piperazine rings is 1. The van der Waals surface area contributed by atoms with E-state index < -0.39 is 24.7 Å². The van der Waals surface area contributed by atoms with Crippen molar-refractivity contribution in [2.45, 2.75) is 44.6 Å².